The largest absolute Gasteiger partial charge is 0.465 e. The van der Waals surface area contributed by atoms with Crippen molar-refractivity contribution in [3.05, 3.63) is 76.7 Å². The molecule has 4 rings (SSSR count). The molecule has 0 unspecified atom stereocenters. The van der Waals surface area contributed by atoms with E-state index in [0.717, 1.165) is 43.6 Å². The van der Waals surface area contributed by atoms with E-state index in [-0.39, 0.29) is 42.1 Å². The summed E-state index contributed by atoms with van der Waals surface area (Å²) in [7, 11) is 0. The highest BCUT2D eigenvalue weighted by Gasteiger charge is 2.31. The van der Waals surface area contributed by atoms with E-state index in [1.165, 1.54) is 10.9 Å². The van der Waals surface area contributed by atoms with Gasteiger partial charge in [0, 0.05) is 18.0 Å². The predicted octanol–water partition coefficient (Wildman–Crippen LogP) is 4.42. The molecule has 0 spiro atoms. The van der Waals surface area contributed by atoms with Gasteiger partial charge in [0.05, 0.1) is 18.7 Å². The molecule has 1 fully saturated rings. The molecule has 0 saturated carbocycles. The van der Waals surface area contributed by atoms with Crippen molar-refractivity contribution in [2.24, 2.45) is 5.92 Å². The fourth-order valence-electron chi connectivity index (χ4n) is 4.51. The molecule has 2 heterocycles. The standard InChI is InChI=1S/C28H31F3N6O5/c1-2-41-25(38)18-36-10-8-20(9-11-36)16-37-17-24(42-35-37)34-27(40)33-23-13-21(12-22(14-23)28(29,30)31)26(39)32-15-19-6-4-3-5-7-19/h3-7,12-14,17,20H,2,8-11,15-16,18H2,1H3,(H2-,32,33,34,35,39,40). The van der Waals surface area contributed by atoms with E-state index in [4.69, 9.17) is 9.26 Å². The summed E-state index contributed by atoms with van der Waals surface area (Å²) in [5, 5.41) is 12.4. The predicted molar refractivity (Wildman–Crippen MR) is 144 cm³/mol. The number of halogens is 3. The van der Waals surface area contributed by atoms with Gasteiger partial charge < -0.3 is 25.2 Å². The molecular formula is C28H31F3N6O5. The van der Waals surface area contributed by atoms with Crippen molar-refractivity contribution in [2.45, 2.75) is 39.0 Å². The molecule has 0 bridgehead atoms. The third-order valence-electron chi connectivity index (χ3n) is 6.59. The minimum atomic E-state index is -4.75. The molecule has 0 radical (unpaired) electrons. The van der Waals surface area contributed by atoms with Gasteiger partial charge in [-0.05, 0) is 62.3 Å². The van der Waals surface area contributed by atoms with Crippen molar-refractivity contribution >= 4 is 29.5 Å². The Morgan fingerprint density at radius 3 is 2.57 bits per heavy atom. The highest BCUT2D eigenvalue weighted by atomic mass is 19.4. The number of hydrogen-bond acceptors (Lipinski definition) is 7. The molecular weight excluding hydrogens is 557 g/mol. The fraction of sp³-hybridized carbons (Fsp3) is 0.393. The average molecular weight is 589 g/mol. The molecule has 11 nitrogen and oxygen atoms in total. The van der Waals surface area contributed by atoms with Crippen LogP contribution >= 0.6 is 0 Å². The summed E-state index contributed by atoms with van der Waals surface area (Å²) in [5.41, 5.74) is -0.864. The summed E-state index contributed by atoms with van der Waals surface area (Å²) in [4.78, 5) is 38.8. The monoisotopic (exact) mass is 588 g/mol. The smallest absolute Gasteiger partial charge is 0.416 e. The van der Waals surface area contributed by atoms with Crippen LogP contribution in [0.5, 0.6) is 0 Å². The van der Waals surface area contributed by atoms with Gasteiger partial charge >= 0.3 is 12.1 Å². The lowest BCUT2D eigenvalue weighted by molar-refractivity contribution is -0.767. The molecule has 0 atom stereocenters. The number of carbonyl (C=O) groups excluding carboxylic acids is 3. The number of anilines is 1. The van der Waals surface area contributed by atoms with Gasteiger partial charge in [-0.1, -0.05) is 35.0 Å². The first-order valence-electron chi connectivity index (χ1n) is 13.4. The Balaban J connectivity index is 1.32. The molecule has 3 amide bonds. The Bertz CT molecular complexity index is 1370. The number of esters is 1. The van der Waals surface area contributed by atoms with E-state index in [9.17, 15) is 27.6 Å². The molecule has 3 aromatic rings. The minimum absolute atomic E-state index is 0.116. The Morgan fingerprint density at radius 2 is 1.88 bits per heavy atom. The number of benzene rings is 2. The summed E-state index contributed by atoms with van der Waals surface area (Å²) >= 11 is 0. The zero-order chi connectivity index (χ0) is 30.1. The first-order chi connectivity index (χ1) is 20.1. The number of amides is 3. The number of piperidine rings is 1. The second-order valence-corrected chi connectivity index (χ2v) is 9.79. The third-order valence-corrected chi connectivity index (χ3v) is 6.59. The highest BCUT2D eigenvalue weighted by molar-refractivity contribution is 6.04. The number of ether oxygens (including phenoxy) is 1. The van der Waals surface area contributed by atoms with Gasteiger partial charge in [0.1, 0.15) is 0 Å². The SMILES string of the molecule is CCOC(=O)CN1CCC(C[n+]2cc([N-]C(=O)Nc3cc(C(=O)NCc4ccccc4)cc(C(F)(F)F)c3)on2)CC1. The van der Waals surface area contributed by atoms with Gasteiger partial charge in [-0.2, -0.15) is 13.2 Å². The van der Waals surface area contributed by atoms with E-state index < -0.39 is 23.7 Å². The van der Waals surface area contributed by atoms with E-state index >= 15 is 0 Å². The van der Waals surface area contributed by atoms with Crippen LogP contribution in [0.3, 0.4) is 0 Å². The van der Waals surface area contributed by atoms with Crippen molar-refractivity contribution in [3.63, 3.8) is 0 Å². The van der Waals surface area contributed by atoms with Crippen molar-refractivity contribution in [2.75, 3.05) is 31.6 Å². The van der Waals surface area contributed by atoms with Crippen molar-refractivity contribution in [1.82, 2.24) is 15.5 Å². The molecule has 1 saturated heterocycles. The van der Waals surface area contributed by atoms with Gasteiger partial charge in [0.25, 0.3) is 5.91 Å². The lowest BCUT2D eigenvalue weighted by Gasteiger charge is -2.29. The Hall–Kier alpha value is -4.46. The van der Waals surface area contributed by atoms with Gasteiger partial charge in [0.15, 0.2) is 17.8 Å². The maximum Gasteiger partial charge on any atom is 0.416 e. The van der Waals surface area contributed by atoms with Crippen LogP contribution in [-0.4, -0.2) is 54.3 Å². The molecule has 0 aliphatic carbocycles. The number of likely N-dealkylation sites (tertiary alicyclic amines) is 1. The summed E-state index contributed by atoms with van der Waals surface area (Å²) in [6.07, 6.45) is -1.69. The first-order valence-corrected chi connectivity index (χ1v) is 13.4. The van der Waals surface area contributed by atoms with Crippen LogP contribution in [0.15, 0.2) is 59.3 Å². The summed E-state index contributed by atoms with van der Waals surface area (Å²) < 4.78 is 52.2. The highest BCUT2D eigenvalue weighted by Crippen LogP contribution is 2.32. The number of alkyl halides is 3. The topological polar surface area (TPSA) is 132 Å². The maximum atomic E-state index is 13.5. The molecule has 14 heteroatoms. The van der Waals surface area contributed by atoms with Crippen LogP contribution in [-0.2, 0) is 28.8 Å². The molecule has 42 heavy (non-hydrogen) atoms. The van der Waals surface area contributed by atoms with Crippen LogP contribution in [0.25, 0.3) is 5.32 Å². The third kappa shape index (κ3) is 9.03. The normalized spacial score (nSPS) is 14.3. The lowest BCUT2D eigenvalue weighted by atomic mass is 9.97. The molecule has 2 aromatic carbocycles. The molecule has 1 aromatic heterocycles. The van der Waals surface area contributed by atoms with E-state index in [1.807, 2.05) is 4.90 Å². The molecule has 224 valence electrons. The first kappa shape index (κ1) is 30.5. The van der Waals surface area contributed by atoms with E-state index in [2.05, 4.69) is 21.2 Å². The Morgan fingerprint density at radius 1 is 1.14 bits per heavy atom. The zero-order valence-electron chi connectivity index (χ0n) is 22.9. The van der Waals surface area contributed by atoms with E-state index in [1.54, 1.807) is 37.3 Å². The summed E-state index contributed by atoms with van der Waals surface area (Å²) in [5.74, 6) is -0.865. The van der Waals surface area contributed by atoms with Crippen LogP contribution in [0.2, 0.25) is 0 Å². The second kappa shape index (κ2) is 13.9. The lowest BCUT2D eigenvalue weighted by Crippen LogP contribution is -2.44. The Labute approximate surface area is 240 Å². The average Bonchev–Trinajstić information content (AvgIpc) is 3.39. The zero-order valence-corrected chi connectivity index (χ0v) is 22.9. The van der Waals surface area contributed by atoms with Crippen LogP contribution in [0.4, 0.5) is 29.5 Å². The van der Waals surface area contributed by atoms with Crippen molar-refractivity contribution < 1.29 is 41.5 Å². The fourth-order valence-corrected chi connectivity index (χ4v) is 4.51. The minimum Gasteiger partial charge on any atom is -0.465 e. The van der Waals surface area contributed by atoms with E-state index in [0.29, 0.717) is 19.2 Å². The quantitative estimate of drug-likeness (QED) is 0.265. The van der Waals surface area contributed by atoms with Crippen molar-refractivity contribution in [3.8, 4) is 0 Å². The van der Waals surface area contributed by atoms with Crippen LogP contribution < -0.4 is 15.3 Å². The van der Waals surface area contributed by atoms with Crippen molar-refractivity contribution in [1.29, 1.82) is 0 Å². The number of nitrogens with one attached hydrogen (secondary N) is 2. The summed E-state index contributed by atoms with van der Waals surface area (Å²) in [6, 6.07) is 10.5. The molecule has 1 aliphatic heterocycles. The Kier molecular flexibility index (Phi) is 10.1. The number of rotatable bonds is 10. The number of carbonyl (C=O) groups is 3. The summed E-state index contributed by atoms with van der Waals surface area (Å²) in [6.45, 7) is 4.43. The number of urea groups is 1. The molecule has 1 aliphatic rings. The maximum absolute atomic E-state index is 13.5. The van der Waals surface area contributed by atoms with Gasteiger partial charge in [-0.15, -0.1) is 0 Å². The van der Waals surface area contributed by atoms with Gasteiger partial charge in [0.2, 0.25) is 12.1 Å². The number of nitrogens with zero attached hydrogens (tertiary/aromatic N) is 4. The second-order valence-electron chi connectivity index (χ2n) is 9.79. The van der Waals surface area contributed by atoms with Crippen LogP contribution in [0.1, 0.15) is 41.3 Å². The number of aromatic nitrogens is 2. The van der Waals surface area contributed by atoms with Gasteiger partial charge in [-0.25, -0.2) is 0 Å². The van der Waals surface area contributed by atoms with Crippen LogP contribution in [0, 0.1) is 5.92 Å². The number of hydrogen-bond donors (Lipinski definition) is 2. The molecule has 2 N–H and O–H groups in total. The van der Waals surface area contributed by atoms with Gasteiger partial charge in [-0.3, -0.25) is 19.3 Å².